The number of likely N-dealkylation sites (N-methyl/N-ethyl adjacent to an activating group) is 2. The van der Waals surface area contributed by atoms with E-state index >= 15 is 4.39 Å². The number of piperazine rings is 2. The molecule has 50 heavy (non-hydrogen) atoms. The second-order valence-electron chi connectivity index (χ2n) is 14.0. The average Bonchev–Trinajstić information content (AvgIpc) is 3.08. The van der Waals surface area contributed by atoms with Crippen LogP contribution in [0, 0.1) is 11.7 Å². The van der Waals surface area contributed by atoms with Crippen LogP contribution in [0.15, 0.2) is 59.1 Å². The number of aliphatic imine (C=N–C) groups is 1. The molecule has 0 aliphatic carbocycles. The molecule has 4 aliphatic heterocycles. The summed E-state index contributed by atoms with van der Waals surface area (Å²) in [6.07, 6.45) is -1.29. The maximum Gasteiger partial charge on any atom is 0.414 e. The fourth-order valence-electron chi connectivity index (χ4n) is 7.17. The first-order chi connectivity index (χ1) is 23.8. The predicted octanol–water partition coefficient (Wildman–Crippen LogP) is 5.05. The van der Waals surface area contributed by atoms with Gasteiger partial charge in [0.1, 0.15) is 11.7 Å². The van der Waals surface area contributed by atoms with Crippen molar-refractivity contribution in [1.29, 1.82) is 0 Å². The first kappa shape index (κ1) is 35.7. The number of benzene rings is 2. The summed E-state index contributed by atoms with van der Waals surface area (Å²) in [6, 6.07) is 11.8. The van der Waals surface area contributed by atoms with E-state index in [2.05, 4.69) is 61.2 Å². The molecule has 2 fully saturated rings. The second-order valence-corrected chi connectivity index (χ2v) is 14.0. The van der Waals surface area contributed by atoms with Gasteiger partial charge in [-0.2, -0.15) is 13.2 Å². The van der Waals surface area contributed by atoms with E-state index in [0.717, 1.165) is 44.5 Å². The number of amides is 2. The Morgan fingerprint density at radius 3 is 2.26 bits per heavy atom. The first-order valence-electron chi connectivity index (χ1n) is 17.2. The van der Waals surface area contributed by atoms with Crippen molar-refractivity contribution in [3.63, 3.8) is 0 Å². The number of alkyl halides is 3. The highest BCUT2D eigenvalue weighted by atomic mass is 19.4. The Labute approximate surface area is 290 Å². The lowest BCUT2D eigenvalue weighted by Crippen LogP contribution is -2.55. The van der Waals surface area contributed by atoms with Gasteiger partial charge in [-0.05, 0) is 69.8 Å². The van der Waals surface area contributed by atoms with Gasteiger partial charge in [0.05, 0.1) is 16.9 Å². The van der Waals surface area contributed by atoms with E-state index in [0.29, 0.717) is 49.9 Å². The zero-order valence-corrected chi connectivity index (χ0v) is 29.0. The Kier molecular flexibility index (Phi) is 10.5. The summed E-state index contributed by atoms with van der Waals surface area (Å²) in [7, 11) is 4.15. The quantitative estimate of drug-likeness (QED) is 0.407. The number of nitrogens with zero attached hydrogens (tertiary/aromatic N) is 6. The highest BCUT2D eigenvalue weighted by Gasteiger charge is 2.43. The molecule has 2 aromatic carbocycles. The fourth-order valence-corrected chi connectivity index (χ4v) is 7.17. The van der Waals surface area contributed by atoms with E-state index in [9.17, 15) is 22.8 Å². The van der Waals surface area contributed by atoms with Gasteiger partial charge < -0.3 is 20.0 Å². The molecule has 2 amide bonds. The van der Waals surface area contributed by atoms with Crippen LogP contribution in [-0.4, -0.2) is 117 Å². The van der Waals surface area contributed by atoms with E-state index in [-0.39, 0.29) is 17.8 Å². The Balaban J connectivity index is 1.22. The SMILES string of the molecule is C[C@@H]1CN(c2cc(F)c(C3=CCN(Cc4ccc(N5CCN(C)CC5)cc4)CC3)cc2NC(=O)C2C=NC(=O)C=C2C(F)(F)F)C[C@H](C)N1C. The topological polar surface area (TPSA) is 74.7 Å². The van der Waals surface area contributed by atoms with Crippen molar-refractivity contribution in [2.45, 2.75) is 45.1 Å². The van der Waals surface area contributed by atoms with Crippen LogP contribution in [-0.2, 0) is 16.1 Å². The highest BCUT2D eigenvalue weighted by Crippen LogP contribution is 2.38. The lowest BCUT2D eigenvalue weighted by atomic mass is 9.94. The minimum atomic E-state index is -4.91. The Morgan fingerprint density at radius 2 is 1.64 bits per heavy atom. The van der Waals surface area contributed by atoms with E-state index in [1.54, 1.807) is 0 Å². The zero-order valence-electron chi connectivity index (χ0n) is 29.0. The van der Waals surface area contributed by atoms with Crippen LogP contribution in [0.3, 0.4) is 0 Å². The number of hydrogen-bond donors (Lipinski definition) is 1. The second kappa shape index (κ2) is 14.7. The molecular weight excluding hydrogens is 650 g/mol. The van der Waals surface area contributed by atoms with Crippen LogP contribution in [0.2, 0.25) is 0 Å². The largest absolute Gasteiger partial charge is 0.414 e. The summed E-state index contributed by atoms with van der Waals surface area (Å²) in [5, 5.41) is 2.67. The van der Waals surface area contributed by atoms with Crippen LogP contribution >= 0.6 is 0 Å². The van der Waals surface area contributed by atoms with Crippen molar-refractivity contribution in [1.82, 2.24) is 14.7 Å². The summed E-state index contributed by atoms with van der Waals surface area (Å²) in [6.45, 7) is 11.3. The van der Waals surface area contributed by atoms with E-state index in [4.69, 9.17) is 0 Å². The molecule has 0 bridgehead atoms. The molecule has 0 spiro atoms. The standard InChI is InChI=1S/C37H45F4N7O2/c1-24-21-48(22-25(2)45(24)4)34-19-32(38)29(17-33(34)43-36(50)30-20-42-35(49)18-31(30)37(39,40)41)27-9-11-46(12-10-27)23-26-5-7-28(8-6-26)47-15-13-44(3)14-16-47/h5-9,17-20,24-25,30H,10-16,21-23H2,1-4H3,(H,43,50)/t24-,25+,30?. The van der Waals surface area contributed by atoms with Gasteiger partial charge in [0.2, 0.25) is 5.91 Å². The minimum Gasteiger partial charge on any atom is -0.369 e. The van der Waals surface area contributed by atoms with Crippen LogP contribution in [0.4, 0.5) is 34.6 Å². The monoisotopic (exact) mass is 695 g/mol. The molecule has 9 nitrogen and oxygen atoms in total. The van der Waals surface area contributed by atoms with E-state index < -0.39 is 35.3 Å². The maximum absolute atomic E-state index is 16.0. The van der Waals surface area contributed by atoms with Crippen molar-refractivity contribution >= 4 is 40.7 Å². The first-order valence-corrected chi connectivity index (χ1v) is 17.2. The van der Waals surface area contributed by atoms with Gasteiger partial charge in [0.15, 0.2) is 0 Å². The minimum absolute atomic E-state index is 0.108. The molecule has 4 heterocycles. The van der Waals surface area contributed by atoms with Crippen molar-refractivity contribution in [2.75, 3.05) is 81.6 Å². The predicted molar refractivity (Wildman–Crippen MR) is 189 cm³/mol. The van der Waals surface area contributed by atoms with Gasteiger partial charge in [-0.1, -0.05) is 18.2 Å². The molecular formula is C37H45F4N7O2. The third-order valence-corrected chi connectivity index (χ3v) is 10.5. The number of hydrogen-bond acceptors (Lipinski definition) is 7. The maximum atomic E-state index is 16.0. The molecule has 0 saturated carbocycles. The van der Waals surface area contributed by atoms with Gasteiger partial charge in [-0.25, -0.2) is 9.38 Å². The molecule has 0 radical (unpaired) electrons. The van der Waals surface area contributed by atoms with Crippen LogP contribution < -0.4 is 15.1 Å². The van der Waals surface area contributed by atoms with E-state index in [1.165, 1.54) is 23.4 Å². The van der Waals surface area contributed by atoms with Crippen molar-refractivity contribution in [3.8, 4) is 0 Å². The van der Waals surface area contributed by atoms with Gasteiger partial charge in [-0.15, -0.1) is 0 Å². The molecule has 2 aromatic rings. The van der Waals surface area contributed by atoms with Gasteiger partial charge in [0, 0.05) is 94.5 Å². The lowest BCUT2D eigenvalue weighted by Gasteiger charge is -2.44. The van der Waals surface area contributed by atoms with Crippen molar-refractivity contribution < 1.29 is 27.2 Å². The Morgan fingerprint density at radius 1 is 0.960 bits per heavy atom. The number of rotatable bonds is 7. The van der Waals surface area contributed by atoms with Gasteiger partial charge in [0.25, 0.3) is 5.91 Å². The highest BCUT2D eigenvalue weighted by molar-refractivity contribution is 6.11. The molecule has 3 atom stereocenters. The lowest BCUT2D eigenvalue weighted by molar-refractivity contribution is -0.124. The summed E-state index contributed by atoms with van der Waals surface area (Å²) in [4.78, 5) is 39.8. The Bertz CT molecular complexity index is 1670. The molecule has 268 valence electrons. The normalized spacial score (nSPS) is 24.3. The molecule has 4 aliphatic rings. The van der Waals surface area contributed by atoms with Crippen molar-refractivity contribution in [3.05, 3.63) is 71.1 Å². The van der Waals surface area contributed by atoms with Crippen LogP contribution in [0.25, 0.3) is 5.57 Å². The summed E-state index contributed by atoms with van der Waals surface area (Å²) in [5.74, 6) is -4.36. The summed E-state index contributed by atoms with van der Waals surface area (Å²) in [5.41, 5.74) is 2.80. The average molecular weight is 696 g/mol. The number of nitrogens with one attached hydrogen (secondary N) is 1. The van der Waals surface area contributed by atoms with E-state index in [1.807, 2.05) is 31.9 Å². The van der Waals surface area contributed by atoms with Gasteiger partial charge in [-0.3, -0.25) is 19.4 Å². The van der Waals surface area contributed by atoms with Crippen LogP contribution in [0.5, 0.6) is 0 Å². The molecule has 1 N–H and O–H groups in total. The van der Waals surface area contributed by atoms with Crippen LogP contribution in [0.1, 0.15) is 31.4 Å². The van der Waals surface area contributed by atoms with Gasteiger partial charge >= 0.3 is 6.18 Å². The third kappa shape index (κ3) is 7.95. The molecule has 0 aromatic heterocycles. The third-order valence-electron chi connectivity index (χ3n) is 10.5. The summed E-state index contributed by atoms with van der Waals surface area (Å²) >= 11 is 0. The summed E-state index contributed by atoms with van der Waals surface area (Å²) < 4.78 is 57.6. The number of anilines is 3. The molecule has 2 saturated heterocycles. The molecule has 13 heteroatoms. The number of halogens is 4. The number of dihydropyridines is 1. The van der Waals surface area contributed by atoms with Crippen molar-refractivity contribution in [2.24, 2.45) is 10.9 Å². The Hall–Kier alpha value is -4.07. The molecule has 6 rings (SSSR count). The number of carbonyl (C=O) groups is 2. The smallest absolute Gasteiger partial charge is 0.369 e. The zero-order chi connectivity index (χ0) is 35.7. The number of carbonyl (C=O) groups excluding carboxylic acids is 2. The molecule has 1 unspecified atom stereocenters. The fraction of sp³-hybridized carbons (Fsp3) is 0.486.